The van der Waals surface area contributed by atoms with Crippen LogP contribution in [0.1, 0.15) is 16.7 Å². The van der Waals surface area contributed by atoms with E-state index >= 15 is 0 Å². The SMILES string of the molecule is COc1ccc(Br)c2cc3c(nc12)-c1nc2c(CO)ccc(Br)c2cc1CC3. The smallest absolute Gasteiger partial charge is 0.145 e. The first kappa shape index (κ1) is 18.0. The molecule has 1 aliphatic rings. The quantitative estimate of drug-likeness (QED) is 0.391. The van der Waals surface area contributed by atoms with Gasteiger partial charge in [-0.3, -0.25) is 0 Å². The molecule has 140 valence electrons. The standard InChI is InChI=1S/C22H16Br2N2O2/c1-28-18-7-6-17(24)15-9-12-3-2-11-8-14-16(23)5-4-13(10-27)19(14)25-20(11)21(12)26-22(15)18/h4-9,27H,2-3,10H2,1H3. The van der Waals surface area contributed by atoms with Gasteiger partial charge in [0.2, 0.25) is 0 Å². The van der Waals surface area contributed by atoms with Gasteiger partial charge in [0.1, 0.15) is 11.3 Å². The molecule has 0 unspecified atom stereocenters. The van der Waals surface area contributed by atoms with Gasteiger partial charge in [0, 0.05) is 25.3 Å². The molecule has 0 radical (unpaired) electrons. The molecule has 4 aromatic rings. The number of pyridine rings is 2. The summed E-state index contributed by atoms with van der Waals surface area (Å²) in [5, 5.41) is 11.8. The zero-order valence-electron chi connectivity index (χ0n) is 15.1. The maximum atomic E-state index is 9.77. The second kappa shape index (κ2) is 6.79. The van der Waals surface area contributed by atoms with E-state index < -0.39 is 0 Å². The van der Waals surface area contributed by atoms with E-state index in [1.54, 1.807) is 7.11 Å². The molecule has 28 heavy (non-hydrogen) atoms. The molecule has 0 fully saturated rings. The fourth-order valence-electron chi connectivity index (χ4n) is 3.92. The Hall–Kier alpha value is -2.02. The summed E-state index contributed by atoms with van der Waals surface area (Å²) in [6.45, 7) is -0.0473. The number of nitrogens with zero attached hydrogens (tertiary/aromatic N) is 2. The van der Waals surface area contributed by atoms with Crippen LogP contribution in [0.3, 0.4) is 0 Å². The minimum absolute atomic E-state index is 0.0473. The molecule has 0 atom stereocenters. The molecule has 1 N–H and O–H groups in total. The van der Waals surface area contributed by atoms with E-state index in [1.807, 2.05) is 24.3 Å². The molecule has 0 saturated heterocycles. The third-order valence-electron chi connectivity index (χ3n) is 5.35. The van der Waals surface area contributed by atoms with Gasteiger partial charge in [0.15, 0.2) is 0 Å². The average molecular weight is 500 g/mol. The summed E-state index contributed by atoms with van der Waals surface area (Å²) in [5.41, 5.74) is 6.60. The number of aliphatic hydroxyl groups is 1. The Morgan fingerprint density at radius 3 is 2.07 bits per heavy atom. The molecule has 2 heterocycles. The van der Waals surface area contributed by atoms with E-state index in [2.05, 4.69) is 44.0 Å². The first-order valence-corrected chi connectivity index (χ1v) is 10.6. The first-order valence-electron chi connectivity index (χ1n) is 8.99. The number of hydrogen-bond acceptors (Lipinski definition) is 4. The predicted octanol–water partition coefficient (Wildman–Crippen LogP) is 5.57. The normalized spacial score (nSPS) is 12.9. The third kappa shape index (κ3) is 2.66. The van der Waals surface area contributed by atoms with Gasteiger partial charge in [-0.2, -0.15) is 0 Å². The number of rotatable bonds is 2. The second-order valence-electron chi connectivity index (χ2n) is 6.90. The number of aryl methyl sites for hydroxylation is 2. The van der Waals surface area contributed by atoms with Crippen molar-refractivity contribution in [2.24, 2.45) is 0 Å². The van der Waals surface area contributed by atoms with Gasteiger partial charge in [0.05, 0.1) is 30.6 Å². The highest BCUT2D eigenvalue weighted by atomic mass is 79.9. The number of halogens is 2. The monoisotopic (exact) mass is 498 g/mol. The molecular formula is C22H16Br2N2O2. The number of fused-ring (bicyclic) bond motifs is 5. The van der Waals surface area contributed by atoms with Crippen molar-refractivity contribution < 1.29 is 9.84 Å². The summed E-state index contributed by atoms with van der Waals surface area (Å²) >= 11 is 7.26. The number of hydrogen-bond donors (Lipinski definition) is 1. The van der Waals surface area contributed by atoms with E-state index in [-0.39, 0.29) is 6.61 Å². The number of ether oxygens (including phenoxy) is 1. The Balaban J connectivity index is 1.84. The Bertz CT molecular complexity index is 1170. The van der Waals surface area contributed by atoms with E-state index in [9.17, 15) is 5.11 Å². The number of benzene rings is 2. The Morgan fingerprint density at radius 1 is 0.893 bits per heavy atom. The van der Waals surface area contributed by atoms with E-state index in [0.717, 1.165) is 66.3 Å². The van der Waals surface area contributed by atoms with Crippen molar-refractivity contribution in [3.8, 4) is 17.1 Å². The highest BCUT2D eigenvalue weighted by Gasteiger charge is 2.23. The van der Waals surface area contributed by atoms with Crippen LogP contribution in [0.4, 0.5) is 0 Å². The van der Waals surface area contributed by atoms with Crippen LogP contribution < -0.4 is 4.74 Å². The number of aromatic nitrogens is 2. The predicted molar refractivity (Wildman–Crippen MR) is 118 cm³/mol. The molecule has 1 aliphatic carbocycles. The molecule has 6 heteroatoms. The van der Waals surface area contributed by atoms with Crippen molar-refractivity contribution in [3.05, 3.63) is 62.0 Å². The third-order valence-corrected chi connectivity index (χ3v) is 6.73. The van der Waals surface area contributed by atoms with Gasteiger partial charge < -0.3 is 9.84 Å². The van der Waals surface area contributed by atoms with Crippen molar-refractivity contribution in [1.82, 2.24) is 9.97 Å². The maximum Gasteiger partial charge on any atom is 0.145 e. The summed E-state index contributed by atoms with van der Waals surface area (Å²) < 4.78 is 7.53. The van der Waals surface area contributed by atoms with Gasteiger partial charge >= 0.3 is 0 Å². The minimum atomic E-state index is -0.0473. The minimum Gasteiger partial charge on any atom is -0.494 e. The van der Waals surface area contributed by atoms with Crippen LogP contribution in [0.15, 0.2) is 45.3 Å². The first-order chi connectivity index (χ1) is 13.6. The molecule has 2 aromatic heterocycles. The zero-order valence-corrected chi connectivity index (χ0v) is 18.3. The molecule has 2 aromatic carbocycles. The van der Waals surface area contributed by atoms with Crippen LogP contribution in [-0.2, 0) is 19.4 Å². The largest absolute Gasteiger partial charge is 0.494 e. The zero-order chi connectivity index (χ0) is 19.4. The molecule has 4 nitrogen and oxygen atoms in total. The summed E-state index contributed by atoms with van der Waals surface area (Å²) in [7, 11) is 1.66. The van der Waals surface area contributed by atoms with E-state index in [0.29, 0.717) is 0 Å². The molecule has 0 saturated carbocycles. The lowest BCUT2D eigenvalue weighted by molar-refractivity contribution is 0.283. The van der Waals surface area contributed by atoms with Crippen molar-refractivity contribution in [2.45, 2.75) is 19.4 Å². The van der Waals surface area contributed by atoms with Gasteiger partial charge in [-0.25, -0.2) is 9.97 Å². The molecular weight excluding hydrogens is 484 g/mol. The van der Waals surface area contributed by atoms with Crippen LogP contribution in [0, 0.1) is 0 Å². The van der Waals surface area contributed by atoms with Crippen LogP contribution in [0.2, 0.25) is 0 Å². The number of methoxy groups -OCH3 is 1. The molecule has 5 rings (SSSR count). The maximum absolute atomic E-state index is 9.77. The Morgan fingerprint density at radius 2 is 1.46 bits per heavy atom. The van der Waals surface area contributed by atoms with Gasteiger partial charge in [-0.1, -0.05) is 37.9 Å². The van der Waals surface area contributed by atoms with Gasteiger partial charge in [-0.05, 0) is 54.3 Å². The summed E-state index contributed by atoms with van der Waals surface area (Å²) in [6.07, 6.45) is 1.83. The van der Waals surface area contributed by atoms with E-state index in [4.69, 9.17) is 14.7 Å². The van der Waals surface area contributed by atoms with Gasteiger partial charge in [0.25, 0.3) is 0 Å². The molecule has 0 spiro atoms. The van der Waals surface area contributed by atoms with Crippen LogP contribution in [0.25, 0.3) is 33.2 Å². The van der Waals surface area contributed by atoms with Gasteiger partial charge in [-0.15, -0.1) is 0 Å². The van der Waals surface area contributed by atoms with Crippen molar-refractivity contribution in [1.29, 1.82) is 0 Å². The highest BCUT2D eigenvalue weighted by molar-refractivity contribution is 9.11. The van der Waals surface area contributed by atoms with Crippen LogP contribution >= 0.6 is 31.9 Å². The summed E-state index contributed by atoms with van der Waals surface area (Å²) in [5.74, 6) is 0.743. The molecule has 0 amide bonds. The van der Waals surface area contributed by atoms with Crippen molar-refractivity contribution >= 4 is 53.7 Å². The fraction of sp³-hybridized carbons (Fsp3) is 0.182. The highest BCUT2D eigenvalue weighted by Crippen LogP contribution is 2.39. The molecule has 0 bridgehead atoms. The summed E-state index contributed by atoms with van der Waals surface area (Å²) in [6, 6.07) is 12.1. The number of aliphatic hydroxyl groups excluding tert-OH is 1. The fourth-order valence-corrected chi connectivity index (χ4v) is 4.79. The van der Waals surface area contributed by atoms with E-state index in [1.165, 1.54) is 11.1 Å². The lowest BCUT2D eigenvalue weighted by Gasteiger charge is -2.21. The summed E-state index contributed by atoms with van der Waals surface area (Å²) in [4.78, 5) is 9.95. The Kier molecular flexibility index (Phi) is 4.38. The topological polar surface area (TPSA) is 55.2 Å². The van der Waals surface area contributed by atoms with Crippen molar-refractivity contribution in [3.63, 3.8) is 0 Å². The lowest BCUT2D eigenvalue weighted by atomic mass is 9.90. The van der Waals surface area contributed by atoms with Crippen LogP contribution in [-0.4, -0.2) is 22.2 Å². The second-order valence-corrected chi connectivity index (χ2v) is 8.61. The lowest BCUT2D eigenvalue weighted by Crippen LogP contribution is -2.09. The average Bonchev–Trinajstić information content (AvgIpc) is 2.72. The Labute approximate surface area is 178 Å². The molecule has 0 aliphatic heterocycles. The van der Waals surface area contributed by atoms with Crippen molar-refractivity contribution in [2.75, 3.05) is 7.11 Å². The van der Waals surface area contributed by atoms with Crippen LogP contribution in [0.5, 0.6) is 5.75 Å².